The highest BCUT2D eigenvalue weighted by Crippen LogP contribution is 2.33. The van der Waals surface area contributed by atoms with Gasteiger partial charge in [-0.25, -0.2) is 8.42 Å². The van der Waals surface area contributed by atoms with Crippen molar-refractivity contribution in [1.82, 2.24) is 5.32 Å². The van der Waals surface area contributed by atoms with Crippen molar-refractivity contribution in [2.75, 3.05) is 18.1 Å². The van der Waals surface area contributed by atoms with E-state index in [1.165, 1.54) is 0 Å². The van der Waals surface area contributed by atoms with Crippen LogP contribution in [0.3, 0.4) is 0 Å². The highest BCUT2D eigenvalue weighted by Gasteiger charge is 2.39. The molecule has 0 aromatic rings. The van der Waals surface area contributed by atoms with Crippen LogP contribution < -0.4 is 5.32 Å². The van der Waals surface area contributed by atoms with Crippen LogP contribution in [0.15, 0.2) is 0 Å². The lowest BCUT2D eigenvalue weighted by atomic mass is 9.78. The maximum absolute atomic E-state index is 11.4. The van der Waals surface area contributed by atoms with E-state index in [2.05, 4.69) is 12.2 Å². The molecule has 2 rings (SSSR count). The first-order valence-electron chi connectivity index (χ1n) is 7.18. The van der Waals surface area contributed by atoms with Gasteiger partial charge in [0.1, 0.15) is 0 Å². The minimum absolute atomic E-state index is 0.0260. The Morgan fingerprint density at radius 1 is 1.26 bits per heavy atom. The average Bonchev–Trinajstić information content (AvgIpc) is 2.61. The molecule has 5 nitrogen and oxygen atoms in total. The fourth-order valence-electron chi connectivity index (χ4n) is 3.15. The van der Waals surface area contributed by atoms with E-state index in [0.717, 1.165) is 32.1 Å². The first-order valence-corrected chi connectivity index (χ1v) is 9.00. The maximum Gasteiger partial charge on any atom is 0.154 e. The van der Waals surface area contributed by atoms with Crippen molar-refractivity contribution in [2.24, 2.45) is 5.92 Å². The Kier molecular flexibility index (Phi) is 4.55. The fraction of sp³-hybridized carbons (Fsp3) is 1.00. The predicted molar refractivity (Wildman–Crippen MR) is 73.7 cm³/mol. The van der Waals surface area contributed by atoms with Crippen molar-refractivity contribution in [1.29, 1.82) is 0 Å². The van der Waals surface area contributed by atoms with Crippen molar-refractivity contribution >= 4 is 9.84 Å². The third-order valence-electron chi connectivity index (χ3n) is 4.63. The molecular weight excluding hydrogens is 266 g/mol. The summed E-state index contributed by atoms with van der Waals surface area (Å²) >= 11 is 0. The highest BCUT2D eigenvalue weighted by atomic mass is 32.2. The van der Waals surface area contributed by atoms with Crippen molar-refractivity contribution in [2.45, 2.75) is 56.8 Å². The fourth-order valence-corrected chi connectivity index (χ4v) is 4.92. The summed E-state index contributed by atoms with van der Waals surface area (Å²) in [6.07, 6.45) is 3.88. The van der Waals surface area contributed by atoms with Gasteiger partial charge in [0.15, 0.2) is 9.84 Å². The van der Waals surface area contributed by atoms with Crippen LogP contribution in [0, 0.1) is 5.92 Å². The Bertz CT molecular complexity index is 401. The molecule has 0 bridgehead atoms. The lowest BCUT2D eigenvalue weighted by Crippen LogP contribution is -2.49. The van der Waals surface area contributed by atoms with Gasteiger partial charge in [0.2, 0.25) is 0 Å². The largest absolute Gasteiger partial charge is 0.390 e. The van der Waals surface area contributed by atoms with Crippen molar-refractivity contribution in [3.63, 3.8) is 0 Å². The normalized spacial score (nSPS) is 42.4. The summed E-state index contributed by atoms with van der Waals surface area (Å²) in [5, 5.41) is 23.2. The first kappa shape index (κ1) is 15.2. The van der Waals surface area contributed by atoms with E-state index in [1.807, 2.05) is 0 Å². The second-order valence-electron chi connectivity index (χ2n) is 6.21. The van der Waals surface area contributed by atoms with Gasteiger partial charge in [-0.2, -0.15) is 0 Å². The molecule has 1 heterocycles. The molecule has 6 heteroatoms. The number of aliphatic hydroxyl groups excluding tert-OH is 1. The van der Waals surface area contributed by atoms with Crippen LogP contribution in [0.1, 0.15) is 39.0 Å². The summed E-state index contributed by atoms with van der Waals surface area (Å²) < 4.78 is 22.8. The van der Waals surface area contributed by atoms with Crippen LogP contribution in [0.25, 0.3) is 0 Å². The van der Waals surface area contributed by atoms with Gasteiger partial charge in [-0.15, -0.1) is 0 Å². The van der Waals surface area contributed by atoms with Gasteiger partial charge in [0, 0.05) is 12.6 Å². The Labute approximate surface area is 115 Å². The van der Waals surface area contributed by atoms with E-state index in [1.54, 1.807) is 0 Å². The molecule has 3 N–H and O–H groups in total. The zero-order valence-corrected chi connectivity index (χ0v) is 12.3. The molecule has 2 unspecified atom stereocenters. The molecule has 2 aliphatic rings. The second-order valence-corrected chi connectivity index (χ2v) is 8.36. The highest BCUT2D eigenvalue weighted by molar-refractivity contribution is 7.91. The van der Waals surface area contributed by atoms with Gasteiger partial charge in [0.05, 0.1) is 23.2 Å². The van der Waals surface area contributed by atoms with Crippen LogP contribution in [0.2, 0.25) is 0 Å². The van der Waals surface area contributed by atoms with Gasteiger partial charge in [-0.3, -0.25) is 0 Å². The molecule has 0 amide bonds. The van der Waals surface area contributed by atoms with Crippen LogP contribution in [-0.4, -0.2) is 54.4 Å². The molecule has 0 aromatic heterocycles. The van der Waals surface area contributed by atoms with Gasteiger partial charge < -0.3 is 15.5 Å². The van der Waals surface area contributed by atoms with Crippen LogP contribution in [0.5, 0.6) is 0 Å². The smallest absolute Gasteiger partial charge is 0.154 e. The van der Waals surface area contributed by atoms with Gasteiger partial charge >= 0.3 is 0 Å². The summed E-state index contributed by atoms with van der Waals surface area (Å²) in [5.41, 5.74) is -0.738. The summed E-state index contributed by atoms with van der Waals surface area (Å²) in [7, 11) is -3.12. The predicted octanol–water partition coefficient (Wildman–Crippen LogP) is 0.0652. The molecule has 19 heavy (non-hydrogen) atoms. The van der Waals surface area contributed by atoms with Crippen molar-refractivity contribution < 1.29 is 18.6 Å². The van der Waals surface area contributed by atoms with Gasteiger partial charge in [-0.05, 0) is 31.6 Å². The van der Waals surface area contributed by atoms with Gasteiger partial charge in [0.25, 0.3) is 0 Å². The number of sulfone groups is 1. The molecule has 0 aromatic carbocycles. The molecular formula is C13H25NO4S. The number of hydrogen-bond donors (Lipinski definition) is 3. The summed E-state index contributed by atoms with van der Waals surface area (Å²) in [5.74, 6) is 0.515. The summed E-state index contributed by atoms with van der Waals surface area (Å²) in [4.78, 5) is 0. The molecule has 0 spiro atoms. The van der Waals surface area contributed by atoms with Crippen LogP contribution in [0.4, 0.5) is 0 Å². The third-order valence-corrected chi connectivity index (χ3v) is 6.35. The quantitative estimate of drug-likeness (QED) is 0.682. The van der Waals surface area contributed by atoms with E-state index in [9.17, 15) is 18.6 Å². The van der Waals surface area contributed by atoms with Crippen molar-refractivity contribution in [3.05, 3.63) is 0 Å². The molecule has 1 aliphatic carbocycles. The van der Waals surface area contributed by atoms with Crippen molar-refractivity contribution in [3.8, 4) is 0 Å². The molecule has 1 saturated carbocycles. The number of rotatable bonds is 4. The summed E-state index contributed by atoms with van der Waals surface area (Å²) in [6.45, 7) is 2.55. The monoisotopic (exact) mass is 291 g/mol. The SMILES string of the molecule is CCC1CCC(O)(CNC2CS(=O)(=O)CC2O)CC1. The van der Waals surface area contributed by atoms with E-state index in [0.29, 0.717) is 12.5 Å². The third kappa shape index (κ3) is 3.90. The number of nitrogens with one attached hydrogen (secondary N) is 1. The Balaban J connectivity index is 1.82. The number of aliphatic hydroxyl groups is 2. The average molecular weight is 291 g/mol. The number of hydrogen-bond acceptors (Lipinski definition) is 5. The van der Waals surface area contributed by atoms with Crippen LogP contribution >= 0.6 is 0 Å². The first-order chi connectivity index (χ1) is 8.84. The minimum atomic E-state index is -3.12. The lowest BCUT2D eigenvalue weighted by molar-refractivity contribution is -0.0129. The van der Waals surface area contributed by atoms with E-state index in [-0.39, 0.29) is 11.5 Å². The van der Waals surface area contributed by atoms with E-state index < -0.39 is 27.6 Å². The Morgan fingerprint density at radius 2 is 1.89 bits per heavy atom. The van der Waals surface area contributed by atoms with E-state index in [4.69, 9.17) is 0 Å². The molecule has 2 fully saturated rings. The zero-order chi connectivity index (χ0) is 14.1. The molecule has 112 valence electrons. The second kappa shape index (κ2) is 5.68. The van der Waals surface area contributed by atoms with Crippen LogP contribution in [-0.2, 0) is 9.84 Å². The topological polar surface area (TPSA) is 86.6 Å². The maximum atomic E-state index is 11.4. The Morgan fingerprint density at radius 3 is 2.37 bits per heavy atom. The standard InChI is InChI=1S/C13H25NO4S/c1-2-10-3-5-13(16,6-4-10)9-14-11-7-19(17,18)8-12(11)15/h10-12,14-16H,2-9H2,1H3. The molecule has 2 atom stereocenters. The summed E-state index contributed by atoms with van der Waals surface area (Å²) in [6, 6.07) is -0.432. The van der Waals surface area contributed by atoms with E-state index >= 15 is 0 Å². The minimum Gasteiger partial charge on any atom is -0.390 e. The van der Waals surface area contributed by atoms with Gasteiger partial charge in [-0.1, -0.05) is 13.3 Å². The zero-order valence-electron chi connectivity index (χ0n) is 11.5. The molecule has 1 saturated heterocycles. The molecule has 1 aliphatic heterocycles. The molecule has 0 radical (unpaired) electrons. The lowest BCUT2D eigenvalue weighted by Gasteiger charge is -2.36. The Hall–Kier alpha value is -0.170.